The number of aliphatic hydroxyl groups is 2. The molecule has 1 rings (SSSR count). The number of carbonyl (C=O) groups excluding carboxylic acids is 1. The summed E-state index contributed by atoms with van der Waals surface area (Å²) < 4.78 is 43.8. The molecule has 3 N–H and O–H groups in total. The first-order chi connectivity index (χ1) is 11.3. The molecule has 1 aromatic rings. The molecular formula is C17H24F3NO4. The molecule has 25 heavy (non-hydrogen) atoms. The Morgan fingerprint density at radius 3 is 2.36 bits per heavy atom. The molecule has 0 radical (unpaired) electrons. The van der Waals surface area contributed by atoms with Crippen molar-refractivity contribution in [1.29, 1.82) is 0 Å². The van der Waals surface area contributed by atoms with Crippen LogP contribution in [0.1, 0.15) is 50.0 Å². The summed E-state index contributed by atoms with van der Waals surface area (Å²) in [7, 11) is 0. The third-order valence-corrected chi connectivity index (χ3v) is 3.38. The normalized spacial score (nSPS) is 14.8. The van der Waals surface area contributed by atoms with Crippen molar-refractivity contribution < 1.29 is 32.9 Å². The van der Waals surface area contributed by atoms with Crippen molar-refractivity contribution in [2.45, 2.75) is 58.1 Å². The molecule has 0 fully saturated rings. The zero-order chi connectivity index (χ0) is 19.4. The number of alkyl carbamates (subject to hydrolysis) is 1. The quantitative estimate of drug-likeness (QED) is 0.750. The van der Waals surface area contributed by atoms with Gasteiger partial charge in [-0.2, -0.15) is 13.2 Å². The van der Waals surface area contributed by atoms with E-state index in [0.29, 0.717) is 0 Å². The SMILES string of the molecule is Cc1ccc(C(O)C(O)CCNC(=O)OC(C)(C)C)cc1C(F)(F)F. The van der Waals surface area contributed by atoms with E-state index >= 15 is 0 Å². The number of halogens is 3. The van der Waals surface area contributed by atoms with Gasteiger partial charge in [0, 0.05) is 6.54 Å². The van der Waals surface area contributed by atoms with E-state index < -0.39 is 35.6 Å². The molecule has 0 aliphatic carbocycles. The molecule has 5 nitrogen and oxygen atoms in total. The second-order valence-electron chi connectivity index (χ2n) is 6.80. The summed E-state index contributed by atoms with van der Waals surface area (Å²) in [6.45, 7) is 6.41. The van der Waals surface area contributed by atoms with E-state index in [1.54, 1.807) is 20.8 Å². The minimum absolute atomic E-state index is 0.00509. The van der Waals surface area contributed by atoms with E-state index in [4.69, 9.17) is 4.74 Å². The second-order valence-corrected chi connectivity index (χ2v) is 6.80. The third-order valence-electron chi connectivity index (χ3n) is 3.38. The van der Waals surface area contributed by atoms with Gasteiger partial charge in [0.05, 0.1) is 11.7 Å². The highest BCUT2D eigenvalue weighted by Gasteiger charge is 2.33. The summed E-state index contributed by atoms with van der Waals surface area (Å²) in [5.74, 6) is 0. The maximum Gasteiger partial charge on any atom is 0.416 e. The molecule has 0 heterocycles. The van der Waals surface area contributed by atoms with E-state index in [0.717, 1.165) is 6.07 Å². The molecule has 0 bridgehead atoms. The molecule has 0 aliphatic heterocycles. The predicted molar refractivity (Wildman–Crippen MR) is 86.0 cm³/mol. The van der Waals surface area contributed by atoms with Gasteiger partial charge < -0.3 is 20.3 Å². The van der Waals surface area contributed by atoms with Gasteiger partial charge in [0.1, 0.15) is 11.7 Å². The fourth-order valence-electron chi connectivity index (χ4n) is 2.15. The van der Waals surface area contributed by atoms with Gasteiger partial charge in [-0.1, -0.05) is 12.1 Å². The predicted octanol–water partition coefficient (Wildman–Crippen LogP) is 3.32. The van der Waals surface area contributed by atoms with Gasteiger partial charge in [-0.25, -0.2) is 4.79 Å². The minimum Gasteiger partial charge on any atom is -0.444 e. The second kappa shape index (κ2) is 8.05. The smallest absolute Gasteiger partial charge is 0.416 e. The van der Waals surface area contributed by atoms with Crippen LogP contribution in [-0.2, 0) is 10.9 Å². The molecule has 142 valence electrons. The molecule has 0 aromatic heterocycles. The molecular weight excluding hydrogens is 339 g/mol. The number of rotatable bonds is 5. The Hall–Kier alpha value is -1.80. The summed E-state index contributed by atoms with van der Waals surface area (Å²) in [5.41, 5.74) is -1.53. The average Bonchev–Trinajstić information content (AvgIpc) is 2.43. The van der Waals surface area contributed by atoms with Crippen molar-refractivity contribution in [3.63, 3.8) is 0 Å². The first kappa shape index (κ1) is 21.2. The van der Waals surface area contributed by atoms with Crippen molar-refractivity contribution in [3.05, 3.63) is 34.9 Å². The van der Waals surface area contributed by atoms with Crippen LogP contribution in [0.15, 0.2) is 18.2 Å². The maximum absolute atomic E-state index is 12.9. The lowest BCUT2D eigenvalue weighted by atomic mass is 9.97. The van der Waals surface area contributed by atoms with Crippen molar-refractivity contribution in [2.24, 2.45) is 0 Å². The van der Waals surface area contributed by atoms with E-state index in [-0.39, 0.29) is 24.1 Å². The number of benzene rings is 1. The Bertz CT molecular complexity index is 597. The van der Waals surface area contributed by atoms with Crippen LogP contribution in [0, 0.1) is 6.92 Å². The highest BCUT2D eigenvalue weighted by atomic mass is 19.4. The number of amides is 1. The number of alkyl halides is 3. The van der Waals surface area contributed by atoms with Crippen molar-refractivity contribution >= 4 is 6.09 Å². The van der Waals surface area contributed by atoms with E-state index in [9.17, 15) is 28.2 Å². The lowest BCUT2D eigenvalue weighted by molar-refractivity contribution is -0.138. The van der Waals surface area contributed by atoms with E-state index in [1.807, 2.05) is 0 Å². The van der Waals surface area contributed by atoms with Crippen LogP contribution in [0.25, 0.3) is 0 Å². The number of nitrogens with one attached hydrogen (secondary N) is 1. The summed E-state index contributed by atoms with van der Waals surface area (Å²) >= 11 is 0. The van der Waals surface area contributed by atoms with Crippen molar-refractivity contribution in [1.82, 2.24) is 5.32 Å². The first-order valence-electron chi connectivity index (χ1n) is 7.82. The number of hydrogen-bond donors (Lipinski definition) is 3. The lowest BCUT2D eigenvalue weighted by Crippen LogP contribution is -2.34. The number of carbonyl (C=O) groups is 1. The number of aryl methyl sites for hydroxylation is 1. The maximum atomic E-state index is 12.9. The van der Waals surface area contributed by atoms with Crippen molar-refractivity contribution in [2.75, 3.05) is 6.54 Å². The van der Waals surface area contributed by atoms with Gasteiger partial charge in [0.15, 0.2) is 0 Å². The molecule has 0 saturated heterocycles. The van der Waals surface area contributed by atoms with E-state index in [2.05, 4.69) is 5.32 Å². The molecule has 0 saturated carbocycles. The van der Waals surface area contributed by atoms with Gasteiger partial charge in [-0.05, 0) is 51.3 Å². The summed E-state index contributed by atoms with van der Waals surface area (Å²) in [5, 5.41) is 22.4. The Balaban J connectivity index is 2.65. The topological polar surface area (TPSA) is 78.8 Å². The molecule has 2 unspecified atom stereocenters. The fraction of sp³-hybridized carbons (Fsp3) is 0.588. The van der Waals surface area contributed by atoms with Gasteiger partial charge in [-0.15, -0.1) is 0 Å². The zero-order valence-electron chi connectivity index (χ0n) is 14.6. The average molecular weight is 363 g/mol. The summed E-state index contributed by atoms with van der Waals surface area (Å²) in [6.07, 6.45) is -8.09. The van der Waals surface area contributed by atoms with Gasteiger partial charge in [-0.3, -0.25) is 0 Å². The van der Waals surface area contributed by atoms with Gasteiger partial charge >= 0.3 is 12.3 Å². The molecule has 1 amide bonds. The van der Waals surface area contributed by atoms with Crippen LogP contribution in [0.5, 0.6) is 0 Å². The molecule has 2 atom stereocenters. The standard InChI is InChI=1S/C17H24F3NO4/c1-10-5-6-11(9-12(10)17(18,19)20)14(23)13(22)7-8-21-15(24)25-16(2,3)4/h5-6,9,13-14,22-23H,7-8H2,1-4H3,(H,21,24). The lowest BCUT2D eigenvalue weighted by Gasteiger charge is -2.22. The molecule has 1 aromatic carbocycles. The van der Waals surface area contributed by atoms with Crippen molar-refractivity contribution in [3.8, 4) is 0 Å². The zero-order valence-corrected chi connectivity index (χ0v) is 14.6. The van der Waals surface area contributed by atoms with Crippen LogP contribution >= 0.6 is 0 Å². The first-order valence-corrected chi connectivity index (χ1v) is 7.82. The number of ether oxygens (including phenoxy) is 1. The van der Waals surface area contributed by atoms with Gasteiger partial charge in [0.2, 0.25) is 0 Å². The van der Waals surface area contributed by atoms with Crippen LogP contribution in [0.2, 0.25) is 0 Å². The van der Waals surface area contributed by atoms with Crippen LogP contribution in [0.4, 0.5) is 18.0 Å². The van der Waals surface area contributed by atoms with Crippen LogP contribution < -0.4 is 5.32 Å². The molecule has 0 aliphatic rings. The Labute approximate surface area is 144 Å². The Kier molecular flexibility index (Phi) is 6.84. The minimum atomic E-state index is -4.54. The fourth-order valence-corrected chi connectivity index (χ4v) is 2.15. The van der Waals surface area contributed by atoms with Crippen LogP contribution in [0.3, 0.4) is 0 Å². The Morgan fingerprint density at radius 1 is 1.24 bits per heavy atom. The number of hydrogen-bond acceptors (Lipinski definition) is 4. The third kappa shape index (κ3) is 6.91. The highest BCUT2D eigenvalue weighted by Crippen LogP contribution is 2.34. The highest BCUT2D eigenvalue weighted by molar-refractivity contribution is 5.67. The monoisotopic (exact) mass is 363 g/mol. The van der Waals surface area contributed by atoms with Crippen LogP contribution in [-0.4, -0.2) is 34.6 Å². The van der Waals surface area contributed by atoms with Gasteiger partial charge in [0.25, 0.3) is 0 Å². The summed E-state index contributed by atoms with van der Waals surface area (Å²) in [4.78, 5) is 11.5. The van der Waals surface area contributed by atoms with E-state index in [1.165, 1.54) is 19.1 Å². The summed E-state index contributed by atoms with van der Waals surface area (Å²) in [6, 6.07) is 3.40. The molecule has 8 heteroatoms. The Morgan fingerprint density at radius 2 is 1.84 bits per heavy atom. The number of aliphatic hydroxyl groups excluding tert-OH is 2. The largest absolute Gasteiger partial charge is 0.444 e. The molecule has 0 spiro atoms.